The number of nitrogens with two attached hydrogens (primary N) is 1. The van der Waals surface area contributed by atoms with Crippen LogP contribution < -0.4 is 10.5 Å². The van der Waals surface area contributed by atoms with Crippen LogP contribution >= 0.6 is 11.6 Å². The van der Waals surface area contributed by atoms with E-state index >= 15 is 0 Å². The van der Waals surface area contributed by atoms with E-state index in [0.29, 0.717) is 5.56 Å². The maximum Gasteiger partial charge on any atom is 0.573 e. The van der Waals surface area contributed by atoms with E-state index in [-0.39, 0.29) is 18.1 Å². The van der Waals surface area contributed by atoms with E-state index in [0.717, 1.165) is 6.07 Å². The van der Waals surface area contributed by atoms with Gasteiger partial charge in [-0.1, -0.05) is 17.7 Å². The third-order valence-corrected chi connectivity index (χ3v) is 2.60. The molecule has 4 nitrogen and oxygen atoms in total. The Morgan fingerprint density at radius 3 is 2.60 bits per heavy atom. The standard InChI is InChI=1S/C12H13ClF3NO3/c1-2-19-11(18)6-9(17)7-3-4-10(8(13)5-7)20-12(14,15)16/h3-5,9H,2,6,17H2,1H3/t9-/m0/s1. The molecular formula is C12H13ClF3NO3. The minimum Gasteiger partial charge on any atom is -0.466 e. The minimum absolute atomic E-state index is 0.0936. The van der Waals surface area contributed by atoms with Crippen LogP contribution in [-0.4, -0.2) is 18.9 Å². The fourth-order valence-corrected chi connectivity index (χ4v) is 1.70. The second-order valence-electron chi connectivity index (χ2n) is 3.85. The number of halogens is 4. The minimum atomic E-state index is -4.82. The van der Waals surface area contributed by atoms with Crippen molar-refractivity contribution in [2.75, 3.05) is 6.61 Å². The van der Waals surface area contributed by atoms with Gasteiger partial charge in [-0.05, 0) is 24.6 Å². The molecule has 0 aliphatic carbocycles. The Hall–Kier alpha value is -1.47. The summed E-state index contributed by atoms with van der Waals surface area (Å²) in [6.07, 6.45) is -4.91. The molecule has 1 rings (SSSR count). The van der Waals surface area contributed by atoms with Crippen molar-refractivity contribution in [3.63, 3.8) is 0 Å². The Bertz CT molecular complexity index is 480. The Morgan fingerprint density at radius 1 is 1.45 bits per heavy atom. The molecule has 1 aromatic rings. The Morgan fingerprint density at radius 2 is 2.10 bits per heavy atom. The zero-order chi connectivity index (χ0) is 15.3. The average Bonchev–Trinajstić information content (AvgIpc) is 2.30. The predicted molar refractivity (Wildman–Crippen MR) is 66.3 cm³/mol. The van der Waals surface area contributed by atoms with E-state index < -0.39 is 24.1 Å². The van der Waals surface area contributed by atoms with E-state index in [4.69, 9.17) is 22.1 Å². The number of alkyl halides is 3. The maximum atomic E-state index is 12.1. The normalized spacial score (nSPS) is 12.9. The molecule has 0 spiro atoms. The van der Waals surface area contributed by atoms with Crippen LogP contribution in [0.1, 0.15) is 24.9 Å². The lowest BCUT2D eigenvalue weighted by molar-refractivity contribution is -0.274. The Balaban J connectivity index is 2.78. The fourth-order valence-electron chi connectivity index (χ4n) is 1.47. The molecule has 0 aliphatic heterocycles. The average molecular weight is 312 g/mol. The van der Waals surface area contributed by atoms with Gasteiger partial charge in [0.1, 0.15) is 5.75 Å². The fraction of sp³-hybridized carbons (Fsp3) is 0.417. The molecular weight excluding hydrogens is 299 g/mol. The monoisotopic (exact) mass is 311 g/mol. The third kappa shape index (κ3) is 5.26. The van der Waals surface area contributed by atoms with Crippen LogP contribution in [0.2, 0.25) is 5.02 Å². The van der Waals surface area contributed by atoms with Crippen molar-refractivity contribution in [2.45, 2.75) is 25.7 Å². The van der Waals surface area contributed by atoms with Gasteiger partial charge in [0.15, 0.2) is 0 Å². The summed E-state index contributed by atoms with van der Waals surface area (Å²) in [6, 6.07) is 2.88. The summed E-state index contributed by atoms with van der Waals surface area (Å²) in [4.78, 5) is 11.3. The SMILES string of the molecule is CCOC(=O)C[C@H](N)c1ccc(OC(F)(F)F)c(Cl)c1. The van der Waals surface area contributed by atoms with Crippen molar-refractivity contribution in [2.24, 2.45) is 5.73 Å². The molecule has 1 aromatic carbocycles. The first-order chi connectivity index (χ1) is 9.23. The highest BCUT2D eigenvalue weighted by Crippen LogP contribution is 2.32. The van der Waals surface area contributed by atoms with Gasteiger partial charge in [-0.3, -0.25) is 4.79 Å². The molecule has 20 heavy (non-hydrogen) atoms. The summed E-state index contributed by atoms with van der Waals surface area (Å²) in [5.41, 5.74) is 6.16. The van der Waals surface area contributed by atoms with E-state index in [9.17, 15) is 18.0 Å². The van der Waals surface area contributed by atoms with Crippen LogP contribution in [0.15, 0.2) is 18.2 Å². The summed E-state index contributed by atoms with van der Waals surface area (Å²) >= 11 is 5.68. The van der Waals surface area contributed by atoms with E-state index in [1.54, 1.807) is 6.92 Å². The number of carbonyl (C=O) groups excluding carboxylic acids is 1. The quantitative estimate of drug-likeness (QED) is 0.848. The summed E-state index contributed by atoms with van der Waals surface area (Å²) in [7, 11) is 0. The topological polar surface area (TPSA) is 61.5 Å². The molecule has 0 saturated heterocycles. The number of rotatable bonds is 5. The molecule has 0 heterocycles. The van der Waals surface area contributed by atoms with Crippen molar-refractivity contribution in [1.82, 2.24) is 0 Å². The van der Waals surface area contributed by atoms with Crippen LogP contribution in [0.3, 0.4) is 0 Å². The van der Waals surface area contributed by atoms with Crippen molar-refractivity contribution >= 4 is 17.6 Å². The van der Waals surface area contributed by atoms with Gasteiger partial charge < -0.3 is 15.2 Å². The van der Waals surface area contributed by atoms with Gasteiger partial charge in [0.25, 0.3) is 0 Å². The van der Waals surface area contributed by atoms with Crippen molar-refractivity contribution in [3.8, 4) is 5.75 Å². The van der Waals surface area contributed by atoms with Crippen LogP contribution in [0.4, 0.5) is 13.2 Å². The maximum absolute atomic E-state index is 12.1. The molecule has 0 amide bonds. The second kappa shape index (κ2) is 6.81. The lowest BCUT2D eigenvalue weighted by Gasteiger charge is -2.14. The highest BCUT2D eigenvalue weighted by atomic mass is 35.5. The van der Waals surface area contributed by atoms with Gasteiger partial charge >= 0.3 is 12.3 Å². The Kier molecular flexibility index (Phi) is 5.64. The van der Waals surface area contributed by atoms with Crippen LogP contribution in [0.5, 0.6) is 5.75 Å². The molecule has 0 bridgehead atoms. The van der Waals surface area contributed by atoms with Crippen molar-refractivity contribution < 1.29 is 27.4 Å². The van der Waals surface area contributed by atoms with Gasteiger partial charge in [0.05, 0.1) is 18.1 Å². The van der Waals surface area contributed by atoms with E-state index in [1.165, 1.54) is 12.1 Å². The van der Waals surface area contributed by atoms with Gasteiger partial charge in [-0.25, -0.2) is 0 Å². The number of ether oxygens (including phenoxy) is 2. The smallest absolute Gasteiger partial charge is 0.466 e. The van der Waals surface area contributed by atoms with Gasteiger partial charge in [-0.15, -0.1) is 13.2 Å². The molecule has 0 radical (unpaired) electrons. The molecule has 1 atom stereocenters. The highest BCUT2D eigenvalue weighted by molar-refractivity contribution is 6.32. The number of esters is 1. The molecule has 8 heteroatoms. The summed E-state index contributed by atoms with van der Waals surface area (Å²) in [5.74, 6) is -1.02. The second-order valence-corrected chi connectivity index (χ2v) is 4.26. The number of hydrogen-bond acceptors (Lipinski definition) is 4. The van der Waals surface area contributed by atoms with Crippen molar-refractivity contribution in [3.05, 3.63) is 28.8 Å². The first kappa shape index (κ1) is 16.6. The Labute approximate surface area is 118 Å². The van der Waals surface area contributed by atoms with Crippen LogP contribution in [-0.2, 0) is 9.53 Å². The number of carbonyl (C=O) groups is 1. The summed E-state index contributed by atoms with van der Waals surface area (Å²) < 4.78 is 44.7. The summed E-state index contributed by atoms with van der Waals surface area (Å²) in [6.45, 7) is 1.88. The molecule has 0 fully saturated rings. The van der Waals surface area contributed by atoms with Crippen molar-refractivity contribution in [1.29, 1.82) is 0 Å². The number of hydrogen-bond donors (Lipinski definition) is 1. The predicted octanol–water partition coefficient (Wildman–Crippen LogP) is 3.19. The molecule has 0 aromatic heterocycles. The first-order valence-corrected chi connectivity index (χ1v) is 6.07. The molecule has 0 saturated carbocycles. The molecule has 0 aliphatic rings. The lowest BCUT2D eigenvalue weighted by Crippen LogP contribution is -2.19. The van der Waals surface area contributed by atoms with Crippen LogP contribution in [0, 0.1) is 0 Å². The van der Waals surface area contributed by atoms with Gasteiger partial charge in [-0.2, -0.15) is 0 Å². The van der Waals surface area contributed by atoms with E-state index in [1.807, 2.05) is 0 Å². The van der Waals surface area contributed by atoms with Gasteiger partial charge in [0.2, 0.25) is 0 Å². The van der Waals surface area contributed by atoms with Crippen LogP contribution in [0.25, 0.3) is 0 Å². The van der Waals surface area contributed by atoms with Gasteiger partial charge in [0, 0.05) is 6.04 Å². The zero-order valence-electron chi connectivity index (χ0n) is 10.5. The van der Waals surface area contributed by atoms with E-state index in [2.05, 4.69) is 4.74 Å². The first-order valence-electron chi connectivity index (χ1n) is 5.69. The lowest BCUT2D eigenvalue weighted by atomic mass is 10.0. The highest BCUT2D eigenvalue weighted by Gasteiger charge is 2.32. The molecule has 0 unspecified atom stereocenters. The summed E-state index contributed by atoms with van der Waals surface area (Å²) in [5, 5.41) is -0.237. The third-order valence-electron chi connectivity index (χ3n) is 2.30. The largest absolute Gasteiger partial charge is 0.573 e. The zero-order valence-corrected chi connectivity index (χ0v) is 11.3. The molecule has 2 N–H and O–H groups in total. The molecule has 112 valence electrons. The number of benzene rings is 1.